The van der Waals surface area contributed by atoms with E-state index < -0.39 is 5.97 Å². The zero-order chi connectivity index (χ0) is 14.0. The average Bonchev–Trinajstić information content (AvgIpc) is 2.41. The van der Waals surface area contributed by atoms with Gasteiger partial charge in [0.1, 0.15) is 5.82 Å². The Morgan fingerprint density at radius 1 is 1.68 bits per heavy atom. The third-order valence-electron chi connectivity index (χ3n) is 2.94. The van der Waals surface area contributed by atoms with E-state index in [2.05, 4.69) is 9.88 Å². The maximum absolute atomic E-state index is 11.7. The summed E-state index contributed by atoms with van der Waals surface area (Å²) in [4.78, 5) is 18.2. The standard InChI is InChI=1S/C12H14ClIN2O3/c1-7-6-19-4-3-16(7)9-5-8(13)10(14)11(15-9)12(17)18-2/h5,7H,3-4,6H2,1-2H3/t7-/m1/s1. The van der Waals surface area contributed by atoms with Gasteiger partial charge in [0, 0.05) is 12.6 Å². The summed E-state index contributed by atoms with van der Waals surface area (Å²) in [6, 6.07) is 1.97. The lowest BCUT2D eigenvalue weighted by atomic mass is 10.2. The summed E-state index contributed by atoms with van der Waals surface area (Å²) >= 11 is 8.17. The number of hydrogen-bond acceptors (Lipinski definition) is 5. The minimum Gasteiger partial charge on any atom is -0.464 e. The minimum atomic E-state index is -0.478. The van der Waals surface area contributed by atoms with Crippen LogP contribution in [0.4, 0.5) is 5.82 Å². The molecule has 1 aromatic rings. The quantitative estimate of drug-likeness (QED) is 0.567. The van der Waals surface area contributed by atoms with Crippen LogP contribution in [-0.4, -0.2) is 43.9 Å². The average molecular weight is 397 g/mol. The summed E-state index contributed by atoms with van der Waals surface area (Å²) in [6.07, 6.45) is 0. The second kappa shape index (κ2) is 6.23. The van der Waals surface area contributed by atoms with E-state index >= 15 is 0 Å². The van der Waals surface area contributed by atoms with E-state index in [9.17, 15) is 4.79 Å². The van der Waals surface area contributed by atoms with Crippen LogP contribution in [0.3, 0.4) is 0 Å². The molecular formula is C12H14ClIN2O3. The topological polar surface area (TPSA) is 51.7 Å². The van der Waals surface area contributed by atoms with Crippen LogP contribution in [0.1, 0.15) is 17.4 Å². The van der Waals surface area contributed by atoms with E-state index in [1.54, 1.807) is 6.07 Å². The second-order valence-electron chi connectivity index (χ2n) is 4.23. The summed E-state index contributed by atoms with van der Waals surface area (Å²) in [6.45, 7) is 4.05. The first kappa shape index (κ1) is 14.8. The molecule has 2 heterocycles. The van der Waals surface area contributed by atoms with Crippen molar-refractivity contribution in [3.8, 4) is 0 Å². The number of carbonyl (C=O) groups is 1. The lowest BCUT2D eigenvalue weighted by molar-refractivity contribution is 0.0592. The van der Waals surface area contributed by atoms with Crippen molar-refractivity contribution < 1.29 is 14.3 Å². The van der Waals surface area contributed by atoms with Gasteiger partial charge < -0.3 is 14.4 Å². The number of carbonyl (C=O) groups excluding carboxylic acids is 1. The number of halogens is 2. The molecule has 1 aliphatic rings. The van der Waals surface area contributed by atoms with Gasteiger partial charge in [-0.05, 0) is 29.5 Å². The highest BCUT2D eigenvalue weighted by molar-refractivity contribution is 14.1. The molecule has 0 unspecified atom stereocenters. The van der Waals surface area contributed by atoms with E-state index in [-0.39, 0.29) is 11.7 Å². The largest absolute Gasteiger partial charge is 0.464 e. The van der Waals surface area contributed by atoms with Gasteiger partial charge in [0.05, 0.1) is 35.0 Å². The molecule has 0 aromatic carbocycles. The Labute approximate surface area is 130 Å². The Morgan fingerprint density at radius 3 is 3.05 bits per heavy atom. The predicted octanol–water partition coefficient (Wildman–Crippen LogP) is 2.35. The van der Waals surface area contributed by atoms with Crippen molar-refractivity contribution in [2.24, 2.45) is 0 Å². The highest BCUT2D eigenvalue weighted by Gasteiger charge is 2.24. The molecule has 1 atom stereocenters. The first-order valence-electron chi connectivity index (χ1n) is 5.83. The molecule has 7 heteroatoms. The Hall–Kier alpha value is -0.600. The summed E-state index contributed by atoms with van der Waals surface area (Å²) in [5.41, 5.74) is 0.254. The monoisotopic (exact) mass is 396 g/mol. The maximum Gasteiger partial charge on any atom is 0.357 e. The van der Waals surface area contributed by atoms with E-state index in [1.807, 2.05) is 29.5 Å². The predicted molar refractivity (Wildman–Crippen MR) is 80.9 cm³/mol. The van der Waals surface area contributed by atoms with Gasteiger partial charge in [-0.1, -0.05) is 11.6 Å². The van der Waals surface area contributed by atoms with Crippen LogP contribution < -0.4 is 4.90 Å². The van der Waals surface area contributed by atoms with Gasteiger partial charge in [-0.2, -0.15) is 0 Å². The minimum absolute atomic E-state index is 0.197. The first-order valence-corrected chi connectivity index (χ1v) is 7.29. The number of nitrogens with zero attached hydrogens (tertiary/aromatic N) is 2. The lowest BCUT2D eigenvalue weighted by Gasteiger charge is -2.34. The number of esters is 1. The van der Waals surface area contributed by atoms with Gasteiger partial charge in [-0.3, -0.25) is 0 Å². The van der Waals surface area contributed by atoms with E-state index in [0.717, 1.165) is 6.54 Å². The fourth-order valence-corrected chi connectivity index (χ4v) is 2.62. The fourth-order valence-electron chi connectivity index (χ4n) is 1.93. The Bertz CT molecular complexity index is 498. The van der Waals surface area contributed by atoms with Gasteiger partial charge >= 0.3 is 5.97 Å². The fraction of sp³-hybridized carbons (Fsp3) is 0.500. The number of hydrogen-bond donors (Lipinski definition) is 0. The molecule has 1 aliphatic heterocycles. The molecule has 0 N–H and O–H groups in total. The molecule has 0 aliphatic carbocycles. The number of rotatable bonds is 2. The van der Waals surface area contributed by atoms with Crippen molar-refractivity contribution in [3.05, 3.63) is 20.4 Å². The van der Waals surface area contributed by atoms with E-state index in [0.29, 0.717) is 27.6 Å². The zero-order valence-corrected chi connectivity index (χ0v) is 13.6. The first-order chi connectivity index (χ1) is 9.04. The molecule has 0 radical (unpaired) electrons. The number of morpholine rings is 1. The summed E-state index contributed by atoms with van der Waals surface area (Å²) < 4.78 is 10.7. The molecule has 1 saturated heterocycles. The molecule has 104 valence electrons. The SMILES string of the molecule is COC(=O)c1nc(N2CCOC[C@H]2C)cc(Cl)c1I. The van der Waals surface area contributed by atoms with Crippen LogP contribution >= 0.6 is 34.2 Å². The highest BCUT2D eigenvalue weighted by Crippen LogP contribution is 2.28. The van der Waals surface area contributed by atoms with Gasteiger partial charge in [-0.15, -0.1) is 0 Å². The normalized spacial score (nSPS) is 19.4. The molecule has 0 bridgehead atoms. The van der Waals surface area contributed by atoms with Crippen molar-refractivity contribution in [1.29, 1.82) is 0 Å². The lowest BCUT2D eigenvalue weighted by Crippen LogP contribution is -2.44. The molecule has 0 amide bonds. The summed E-state index contributed by atoms with van der Waals surface area (Å²) in [5.74, 6) is 0.204. The van der Waals surface area contributed by atoms with Crippen molar-refractivity contribution >= 4 is 46.0 Å². The van der Waals surface area contributed by atoms with Crippen molar-refractivity contribution in [2.45, 2.75) is 13.0 Å². The van der Waals surface area contributed by atoms with Crippen LogP contribution in [0.15, 0.2) is 6.07 Å². The van der Waals surface area contributed by atoms with Crippen LogP contribution in [-0.2, 0) is 9.47 Å². The number of anilines is 1. The van der Waals surface area contributed by atoms with Crippen molar-refractivity contribution in [3.63, 3.8) is 0 Å². The van der Waals surface area contributed by atoms with Gasteiger partial charge in [0.15, 0.2) is 5.69 Å². The number of ether oxygens (including phenoxy) is 2. The van der Waals surface area contributed by atoms with Gasteiger partial charge in [-0.25, -0.2) is 9.78 Å². The summed E-state index contributed by atoms with van der Waals surface area (Å²) in [7, 11) is 1.33. The van der Waals surface area contributed by atoms with Crippen molar-refractivity contribution in [1.82, 2.24) is 4.98 Å². The summed E-state index contributed by atoms with van der Waals surface area (Å²) in [5, 5.41) is 0.504. The molecule has 2 rings (SSSR count). The number of aromatic nitrogens is 1. The Morgan fingerprint density at radius 2 is 2.42 bits per heavy atom. The van der Waals surface area contributed by atoms with Crippen LogP contribution in [0.25, 0.3) is 0 Å². The molecular weight excluding hydrogens is 382 g/mol. The smallest absolute Gasteiger partial charge is 0.357 e. The molecule has 19 heavy (non-hydrogen) atoms. The van der Waals surface area contributed by atoms with E-state index in [4.69, 9.17) is 21.1 Å². The molecule has 1 aromatic heterocycles. The second-order valence-corrected chi connectivity index (χ2v) is 5.72. The molecule has 5 nitrogen and oxygen atoms in total. The molecule has 1 fully saturated rings. The van der Waals surface area contributed by atoms with Crippen LogP contribution in [0.2, 0.25) is 5.02 Å². The van der Waals surface area contributed by atoms with Crippen LogP contribution in [0.5, 0.6) is 0 Å². The van der Waals surface area contributed by atoms with E-state index in [1.165, 1.54) is 7.11 Å². The Balaban J connectivity index is 2.41. The maximum atomic E-state index is 11.7. The third kappa shape index (κ3) is 3.11. The van der Waals surface area contributed by atoms with Crippen LogP contribution in [0, 0.1) is 3.57 Å². The Kier molecular flexibility index (Phi) is 4.86. The highest BCUT2D eigenvalue weighted by atomic mass is 127. The number of pyridine rings is 1. The van der Waals surface area contributed by atoms with Crippen molar-refractivity contribution in [2.75, 3.05) is 31.8 Å². The van der Waals surface area contributed by atoms with Gasteiger partial charge in [0.25, 0.3) is 0 Å². The number of methoxy groups -OCH3 is 1. The third-order valence-corrected chi connectivity index (χ3v) is 4.65. The molecule has 0 spiro atoms. The van der Waals surface area contributed by atoms with Gasteiger partial charge in [0.2, 0.25) is 0 Å². The molecule has 0 saturated carbocycles. The zero-order valence-electron chi connectivity index (χ0n) is 10.7.